The number of carbonyl (C=O) groups is 1. The van der Waals surface area contributed by atoms with Crippen LogP contribution in [0.15, 0.2) is 48.5 Å². The van der Waals surface area contributed by atoms with Gasteiger partial charge in [0.15, 0.2) is 6.10 Å². The summed E-state index contributed by atoms with van der Waals surface area (Å²) >= 11 is 0. The van der Waals surface area contributed by atoms with Crippen molar-refractivity contribution < 1.29 is 14.3 Å². The SMILES string of the molecule is CCOC(Cc1ccc(-c2cccc(CNC)c2)cc1)C(=O)OC. The summed E-state index contributed by atoms with van der Waals surface area (Å²) < 4.78 is 10.3. The van der Waals surface area contributed by atoms with Gasteiger partial charge in [-0.15, -0.1) is 0 Å². The summed E-state index contributed by atoms with van der Waals surface area (Å²) in [5.41, 5.74) is 4.64. The van der Waals surface area contributed by atoms with Gasteiger partial charge in [-0.2, -0.15) is 0 Å². The molecule has 0 bridgehead atoms. The Morgan fingerprint density at radius 1 is 1.08 bits per heavy atom. The minimum absolute atomic E-state index is 0.333. The molecule has 0 spiro atoms. The Morgan fingerprint density at radius 3 is 2.46 bits per heavy atom. The van der Waals surface area contributed by atoms with Crippen LogP contribution in [0.2, 0.25) is 0 Å². The van der Waals surface area contributed by atoms with Crippen molar-refractivity contribution in [2.45, 2.75) is 26.0 Å². The van der Waals surface area contributed by atoms with Crippen LogP contribution in [0, 0.1) is 0 Å². The first-order chi connectivity index (χ1) is 11.7. The third-order valence-corrected chi connectivity index (χ3v) is 3.85. The lowest BCUT2D eigenvalue weighted by molar-refractivity contribution is -0.153. The summed E-state index contributed by atoms with van der Waals surface area (Å²) in [6.07, 6.45) is -0.0366. The van der Waals surface area contributed by atoms with Crippen LogP contribution in [0.4, 0.5) is 0 Å². The molecule has 1 atom stereocenters. The molecule has 2 aromatic carbocycles. The molecule has 128 valence electrons. The van der Waals surface area contributed by atoms with Crippen molar-refractivity contribution in [1.82, 2.24) is 5.32 Å². The third-order valence-electron chi connectivity index (χ3n) is 3.85. The van der Waals surface area contributed by atoms with Crippen molar-refractivity contribution >= 4 is 5.97 Å². The maximum absolute atomic E-state index is 11.7. The molecule has 2 rings (SSSR count). The normalized spacial score (nSPS) is 12.0. The summed E-state index contributed by atoms with van der Waals surface area (Å²) in [5, 5.41) is 3.16. The molecule has 0 aliphatic carbocycles. The van der Waals surface area contributed by atoms with E-state index in [-0.39, 0.29) is 5.97 Å². The molecule has 0 saturated carbocycles. The van der Waals surface area contributed by atoms with Crippen LogP contribution in [0.25, 0.3) is 11.1 Å². The molecule has 1 unspecified atom stereocenters. The number of methoxy groups -OCH3 is 1. The fourth-order valence-electron chi connectivity index (χ4n) is 2.66. The lowest BCUT2D eigenvalue weighted by atomic mass is 10.00. The molecule has 4 nitrogen and oxygen atoms in total. The van der Waals surface area contributed by atoms with Crippen molar-refractivity contribution in [3.8, 4) is 11.1 Å². The van der Waals surface area contributed by atoms with Crippen LogP contribution in [-0.2, 0) is 27.2 Å². The Balaban J connectivity index is 2.12. The van der Waals surface area contributed by atoms with Crippen molar-refractivity contribution in [2.24, 2.45) is 0 Å². The Labute approximate surface area is 143 Å². The lowest BCUT2D eigenvalue weighted by Crippen LogP contribution is -2.28. The highest BCUT2D eigenvalue weighted by atomic mass is 16.6. The maximum atomic E-state index is 11.7. The van der Waals surface area contributed by atoms with Crippen LogP contribution in [-0.4, -0.2) is 32.8 Å². The standard InChI is InChI=1S/C20H25NO3/c1-4-24-19(20(22)23-3)13-15-8-10-17(11-9-15)18-7-5-6-16(12-18)14-21-2/h5-12,19,21H,4,13-14H2,1-3H3. The summed E-state index contributed by atoms with van der Waals surface area (Å²) in [4.78, 5) is 11.7. The highest BCUT2D eigenvalue weighted by Crippen LogP contribution is 2.22. The molecule has 0 amide bonds. The first-order valence-corrected chi connectivity index (χ1v) is 8.20. The lowest BCUT2D eigenvalue weighted by Gasteiger charge is -2.15. The summed E-state index contributed by atoms with van der Waals surface area (Å²) in [7, 11) is 3.33. The van der Waals surface area contributed by atoms with Crippen LogP contribution in [0.1, 0.15) is 18.1 Å². The van der Waals surface area contributed by atoms with E-state index < -0.39 is 6.10 Å². The molecule has 0 saturated heterocycles. The maximum Gasteiger partial charge on any atom is 0.335 e. The van der Waals surface area contributed by atoms with Gasteiger partial charge >= 0.3 is 5.97 Å². The van der Waals surface area contributed by atoms with E-state index in [4.69, 9.17) is 9.47 Å². The van der Waals surface area contributed by atoms with E-state index in [1.807, 2.05) is 26.1 Å². The zero-order chi connectivity index (χ0) is 17.4. The van der Waals surface area contributed by atoms with E-state index in [2.05, 4.69) is 41.7 Å². The fraction of sp³-hybridized carbons (Fsp3) is 0.350. The number of hydrogen-bond acceptors (Lipinski definition) is 4. The molecule has 4 heteroatoms. The number of carbonyl (C=O) groups excluding carboxylic acids is 1. The van der Waals surface area contributed by atoms with Gasteiger partial charge in [0.2, 0.25) is 0 Å². The highest BCUT2D eigenvalue weighted by Gasteiger charge is 2.19. The second kappa shape index (κ2) is 9.21. The van der Waals surface area contributed by atoms with Gasteiger partial charge in [0, 0.05) is 19.6 Å². The molecule has 0 fully saturated rings. The second-order valence-corrected chi connectivity index (χ2v) is 5.60. The molecule has 0 aliphatic heterocycles. The summed E-state index contributed by atoms with van der Waals surface area (Å²) in [6.45, 7) is 3.20. The molecule has 24 heavy (non-hydrogen) atoms. The zero-order valence-electron chi connectivity index (χ0n) is 14.5. The summed E-state index contributed by atoms with van der Waals surface area (Å²) in [5.74, 6) is -0.333. The number of hydrogen-bond donors (Lipinski definition) is 1. The topological polar surface area (TPSA) is 47.6 Å². The Bertz CT molecular complexity index is 652. The van der Waals surface area contributed by atoms with Crippen molar-refractivity contribution in [3.63, 3.8) is 0 Å². The molecule has 2 aromatic rings. The number of nitrogens with one attached hydrogen (secondary N) is 1. The molecule has 0 heterocycles. The van der Waals surface area contributed by atoms with Crippen molar-refractivity contribution in [1.29, 1.82) is 0 Å². The van der Waals surface area contributed by atoms with Gasteiger partial charge in [-0.05, 0) is 42.3 Å². The quantitative estimate of drug-likeness (QED) is 0.757. The monoisotopic (exact) mass is 327 g/mol. The Hall–Kier alpha value is -2.17. The molecular formula is C20H25NO3. The van der Waals surface area contributed by atoms with E-state index in [1.54, 1.807) is 0 Å². The van der Waals surface area contributed by atoms with Crippen LogP contribution in [0.3, 0.4) is 0 Å². The van der Waals surface area contributed by atoms with Gasteiger partial charge in [-0.25, -0.2) is 4.79 Å². The minimum Gasteiger partial charge on any atom is -0.467 e. The van der Waals surface area contributed by atoms with Gasteiger partial charge in [0.05, 0.1) is 7.11 Å². The summed E-state index contributed by atoms with van der Waals surface area (Å²) in [6, 6.07) is 16.7. The predicted molar refractivity (Wildman–Crippen MR) is 95.8 cm³/mol. The fourth-order valence-corrected chi connectivity index (χ4v) is 2.66. The van der Waals surface area contributed by atoms with Crippen LogP contribution < -0.4 is 5.32 Å². The van der Waals surface area contributed by atoms with Crippen molar-refractivity contribution in [2.75, 3.05) is 20.8 Å². The van der Waals surface area contributed by atoms with E-state index in [9.17, 15) is 4.79 Å². The smallest absolute Gasteiger partial charge is 0.335 e. The highest BCUT2D eigenvalue weighted by molar-refractivity contribution is 5.75. The van der Waals surface area contributed by atoms with E-state index >= 15 is 0 Å². The molecule has 1 N–H and O–H groups in total. The van der Waals surface area contributed by atoms with Crippen LogP contribution >= 0.6 is 0 Å². The molecule has 0 aromatic heterocycles. The van der Waals surface area contributed by atoms with Crippen molar-refractivity contribution in [3.05, 3.63) is 59.7 Å². The average molecular weight is 327 g/mol. The first-order valence-electron chi connectivity index (χ1n) is 8.20. The number of ether oxygens (including phenoxy) is 2. The average Bonchev–Trinajstić information content (AvgIpc) is 2.62. The molecular weight excluding hydrogens is 302 g/mol. The number of benzene rings is 2. The molecule has 0 radical (unpaired) electrons. The van der Waals surface area contributed by atoms with Gasteiger partial charge in [-0.3, -0.25) is 0 Å². The van der Waals surface area contributed by atoms with Gasteiger partial charge in [-0.1, -0.05) is 42.5 Å². The second-order valence-electron chi connectivity index (χ2n) is 5.60. The predicted octanol–water partition coefficient (Wildman–Crippen LogP) is 3.19. The largest absolute Gasteiger partial charge is 0.467 e. The molecule has 0 aliphatic rings. The number of esters is 1. The van der Waals surface area contributed by atoms with E-state index in [0.717, 1.165) is 17.7 Å². The number of rotatable bonds is 8. The zero-order valence-corrected chi connectivity index (χ0v) is 14.5. The van der Waals surface area contributed by atoms with Gasteiger partial charge in [0.25, 0.3) is 0 Å². The van der Waals surface area contributed by atoms with Gasteiger partial charge in [0.1, 0.15) is 0 Å². The first kappa shape index (κ1) is 18.2. The minimum atomic E-state index is -0.551. The Morgan fingerprint density at radius 2 is 1.83 bits per heavy atom. The van der Waals surface area contributed by atoms with E-state index in [1.165, 1.54) is 18.2 Å². The third kappa shape index (κ3) is 4.91. The van der Waals surface area contributed by atoms with Crippen LogP contribution in [0.5, 0.6) is 0 Å². The van der Waals surface area contributed by atoms with E-state index in [0.29, 0.717) is 13.0 Å². The van der Waals surface area contributed by atoms with Gasteiger partial charge < -0.3 is 14.8 Å². The Kier molecular flexibility index (Phi) is 6.97.